The van der Waals surface area contributed by atoms with E-state index >= 15 is 0 Å². The van der Waals surface area contributed by atoms with Gasteiger partial charge in [0, 0.05) is 6.54 Å². The van der Waals surface area contributed by atoms with E-state index in [4.69, 9.17) is 4.42 Å². The van der Waals surface area contributed by atoms with Crippen LogP contribution in [0, 0.1) is 19.8 Å². The normalized spacial score (nSPS) is 13.3. The molecule has 0 radical (unpaired) electrons. The molecule has 0 saturated carbocycles. The number of nitrogens with zero attached hydrogens (tertiary/aromatic N) is 1. The summed E-state index contributed by atoms with van der Waals surface area (Å²) in [5.74, 6) is 1.93. The zero-order valence-electron chi connectivity index (χ0n) is 11.3. The van der Waals surface area contributed by atoms with Crippen molar-refractivity contribution in [1.82, 2.24) is 10.3 Å². The monoisotopic (exact) mass is 240 g/mol. The van der Waals surface area contributed by atoms with E-state index in [0.29, 0.717) is 24.9 Å². The number of nitrogens with one attached hydrogen (secondary N) is 1. The Morgan fingerprint density at radius 1 is 1.29 bits per heavy atom. The minimum absolute atomic E-state index is 0.290. The molecule has 0 aliphatic heterocycles. The molecule has 0 aliphatic rings. The SMILES string of the molecule is CCC(CC)C(O)CNCc1nc(C)c(C)o1. The van der Waals surface area contributed by atoms with Gasteiger partial charge < -0.3 is 14.8 Å². The second-order valence-electron chi connectivity index (χ2n) is 4.52. The Kier molecular flexibility index (Phi) is 5.65. The van der Waals surface area contributed by atoms with E-state index in [1.54, 1.807) is 0 Å². The fourth-order valence-electron chi connectivity index (χ4n) is 1.94. The highest BCUT2D eigenvalue weighted by molar-refractivity contribution is 5.05. The van der Waals surface area contributed by atoms with Crippen molar-refractivity contribution in [3.05, 3.63) is 17.3 Å². The van der Waals surface area contributed by atoms with E-state index in [0.717, 1.165) is 24.3 Å². The van der Waals surface area contributed by atoms with Crippen LogP contribution in [-0.4, -0.2) is 22.7 Å². The molecule has 2 N–H and O–H groups in total. The Morgan fingerprint density at radius 2 is 1.94 bits per heavy atom. The third kappa shape index (κ3) is 4.13. The van der Waals surface area contributed by atoms with Crippen molar-refractivity contribution in [3.8, 4) is 0 Å². The summed E-state index contributed by atoms with van der Waals surface area (Å²) in [6.07, 6.45) is 1.73. The molecule has 0 spiro atoms. The molecule has 0 fully saturated rings. The van der Waals surface area contributed by atoms with Crippen LogP contribution >= 0.6 is 0 Å². The van der Waals surface area contributed by atoms with Crippen LogP contribution in [0.5, 0.6) is 0 Å². The van der Waals surface area contributed by atoms with Crippen molar-refractivity contribution >= 4 is 0 Å². The first-order valence-corrected chi connectivity index (χ1v) is 6.40. The van der Waals surface area contributed by atoms with Gasteiger partial charge in [0.25, 0.3) is 0 Å². The molecule has 1 unspecified atom stereocenters. The number of oxazole rings is 1. The van der Waals surface area contributed by atoms with Gasteiger partial charge in [0.2, 0.25) is 5.89 Å². The molecule has 1 atom stereocenters. The van der Waals surface area contributed by atoms with Crippen molar-refractivity contribution in [1.29, 1.82) is 0 Å². The number of hydrogen-bond acceptors (Lipinski definition) is 4. The van der Waals surface area contributed by atoms with Crippen LogP contribution in [0.4, 0.5) is 0 Å². The average molecular weight is 240 g/mol. The first kappa shape index (κ1) is 14.2. The van der Waals surface area contributed by atoms with Gasteiger partial charge in [-0.25, -0.2) is 4.98 Å². The third-order valence-corrected chi connectivity index (χ3v) is 3.30. The van der Waals surface area contributed by atoms with E-state index in [1.807, 2.05) is 13.8 Å². The fourth-order valence-corrected chi connectivity index (χ4v) is 1.94. The Labute approximate surface area is 103 Å². The van der Waals surface area contributed by atoms with Crippen LogP contribution in [-0.2, 0) is 6.54 Å². The highest BCUT2D eigenvalue weighted by Crippen LogP contribution is 2.12. The predicted molar refractivity (Wildman–Crippen MR) is 67.8 cm³/mol. The van der Waals surface area contributed by atoms with Gasteiger partial charge in [0.05, 0.1) is 18.3 Å². The third-order valence-electron chi connectivity index (χ3n) is 3.30. The van der Waals surface area contributed by atoms with Gasteiger partial charge in [0.15, 0.2) is 0 Å². The predicted octanol–water partition coefficient (Wildman–Crippen LogP) is 2.18. The molecule has 0 aromatic carbocycles. The summed E-state index contributed by atoms with van der Waals surface area (Å²) in [6, 6.07) is 0. The van der Waals surface area contributed by atoms with Crippen LogP contribution in [0.1, 0.15) is 44.0 Å². The maximum absolute atomic E-state index is 9.93. The van der Waals surface area contributed by atoms with Gasteiger partial charge in [-0.05, 0) is 19.8 Å². The van der Waals surface area contributed by atoms with Crippen molar-refractivity contribution < 1.29 is 9.52 Å². The molecule has 1 aromatic heterocycles. The molecule has 0 bridgehead atoms. The number of aliphatic hydroxyl groups excluding tert-OH is 1. The lowest BCUT2D eigenvalue weighted by Crippen LogP contribution is -2.32. The molecule has 4 heteroatoms. The van der Waals surface area contributed by atoms with Gasteiger partial charge in [-0.2, -0.15) is 0 Å². The summed E-state index contributed by atoms with van der Waals surface area (Å²) in [4.78, 5) is 4.28. The summed E-state index contributed by atoms with van der Waals surface area (Å²) >= 11 is 0. The summed E-state index contributed by atoms with van der Waals surface area (Å²) in [5.41, 5.74) is 0.933. The molecule has 1 aromatic rings. The zero-order chi connectivity index (χ0) is 12.8. The van der Waals surface area contributed by atoms with Gasteiger partial charge >= 0.3 is 0 Å². The molecular weight excluding hydrogens is 216 g/mol. The first-order chi connectivity index (χ1) is 8.08. The molecular formula is C13H24N2O2. The van der Waals surface area contributed by atoms with Crippen molar-refractivity contribution in [3.63, 3.8) is 0 Å². The number of rotatable bonds is 7. The number of aliphatic hydroxyl groups is 1. The lowest BCUT2D eigenvalue weighted by atomic mass is 9.97. The minimum atomic E-state index is -0.290. The molecule has 1 rings (SSSR count). The molecule has 98 valence electrons. The Balaban J connectivity index is 2.32. The Morgan fingerprint density at radius 3 is 2.41 bits per heavy atom. The lowest BCUT2D eigenvalue weighted by Gasteiger charge is -2.19. The molecule has 4 nitrogen and oxygen atoms in total. The van der Waals surface area contributed by atoms with Crippen LogP contribution < -0.4 is 5.32 Å². The van der Waals surface area contributed by atoms with E-state index < -0.39 is 0 Å². The first-order valence-electron chi connectivity index (χ1n) is 6.40. The minimum Gasteiger partial charge on any atom is -0.444 e. The smallest absolute Gasteiger partial charge is 0.208 e. The topological polar surface area (TPSA) is 58.3 Å². The summed E-state index contributed by atoms with van der Waals surface area (Å²) < 4.78 is 5.45. The van der Waals surface area contributed by atoms with Crippen molar-refractivity contribution in [2.45, 2.75) is 53.2 Å². The number of aromatic nitrogens is 1. The number of hydrogen-bond donors (Lipinski definition) is 2. The van der Waals surface area contributed by atoms with Gasteiger partial charge in [-0.3, -0.25) is 0 Å². The van der Waals surface area contributed by atoms with Crippen molar-refractivity contribution in [2.75, 3.05) is 6.54 Å². The average Bonchev–Trinajstić information content (AvgIpc) is 2.60. The van der Waals surface area contributed by atoms with Crippen LogP contribution in [0.15, 0.2) is 4.42 Å². The zero-order valence-corrected chi connectivity index (χ0v) is 11.3. The van der Waals surface area contributed by atoms with Gasteiger partial charge in [-0.15, -0.1) is 0 Å². The van der Waals surface area contributed by atoms with Crippen LogP contribution in [0.25, 0.3) is 0 Å². The van der Waals surface area contributed by atoms with E-state index in [9.17, 15) is 5.11 Å². The van der Waals surface area contributed by atoms with E-state index in [1.165, 1.54) is 0 Å². The summed E-state index contributed by atoms with van der Waals surface area (Å²) in [5, 5.41) is 13.1. The highest BCUT2D eigenvalue weighted by atomic mass is 16.4. The Hall–Kier alpha value is -0.870. The molecule has 17 heavy (non-hydrogen) atoms. The maximum Gasteiger partial charge on any atom is 0.208 e. The van der Waals surface area contributed by atoms with Gasteiger partial charge in [-0.1, -0.05) is 26.7 Å². The van der Waals surface area contributed by atoms with Crippen LogP contribution in [0.3, 0.4) is 0 Å². The largest absolute Gasteiger partial charge is 0.444 e. The maximum atomic E-state index is 9.93. The summed E-state index contributed by atoms with van der Waals surface area (Å²) in [7, 11) is 0. The van der Waals surface area contributed by atoms with Crippen LogP contribution in [0.2, 0.25) is 0 Å². The van der Waals surface area contributed by atoms with Gasteiger partial charge in [0.1, 0.15) is 5.76 Å². The van der Waals surface area contributed by atoms with Crippen molar-refractivity contribution in [2.24, 2.45) is 5.92 Å². The highest BCUT2D eigenvalue weighted by Gasteiger charge is 2.15. The number of aryl methyl sites for hydroxylation is 2. The molecule has 0 aliphatic carbocycles. The second-order valence-corrected chi connectivity index (χ2v) is 4.52. The molecule has 0 amide bonds. The quantitative estimate of drug-likeness (QED) is 0.767. The second kappa shape index (κ2) is 6.77. The fraction of sp³-hybridized carbons (Fsp3) is 0.769. The molecule has 0 saturated heterocycles. The molecule has 1 heterocycles. The van der Waals surface area contributed by atoms with E-state index in [2.05, 4.69) is 24.1 Å². The lowest BCUT2D eigenvalue weighted by molar-refractivity contribution is 0.100. The summed E-state index contributed by atoms with van der Waals surface area (Å²) in [6.45, 7) is 9.22. The standard InChI is InChI=1S/C13H24N2O2/c1-5-11(6-2)12(16)7-14-8-13-15-9(3)10(4)17-13/h11-12,14,16H,5-8H2,1-4H3. The Bertz CT molecular complexity index is 313. The van der Waals surface area contributed by atoms with E-state index in [-0.39, 0.29) is 6.10 Å².